The molecular weight excluding hydrogens is 220 g/mol. The molecule has 17 heavy (non-hydrogen) atoms. The molecule has 4 heteroatoms. The first-order valence-electron chi connectivity index (χ1n) is 6.45. The maximum absolute atomic E-state index is 11.8. The molecule has 0 aromatic carbocycles. The van der Waals surface area contributed by atoms with E-state index in [1.165, 1.54) is 0 Å². The van der Waals surface area contributed by atoms with E-state index in [1.54, 1.807) is 6.92 Å². The largest absolute Gasteiger partial charge is 0.466 e. The van der Waals surface area contributed by atoms with Gasteiger partial charge in [0.1, 0.15) is 5.60 Å². The minimum Gasteiger partial charge on any atom is -0.466 e. The number of fused-ring (bicyclic) bond motifs is 1. The van der Waals surface area contributed by atoms with Gasteiger partial charge in [-0.25, -0.2) is 0 Å². The molecule has 1 aliphatic heterocycles. The fourth-order valence-corrected chi connectivity index (χ4v) is 3.19. The second-order valence-corrected chi connectivity index (χ2v) is 5.21. The topological polar surface area (TPSA) is 52.6 Å². The number of hydrogen-bond acceptors (Lipinski definition) is 4. The minimum absolute atomic E-state index is 0.00294. The van der Waals surface area contributed by atoms with Gasteiger partial charge in [0.2, 0.25) is 0 Å². The van der Waals surface area contributed by atoms with Crippen molar-refractivity contribution in [2.75, 3.05) is 6.61 Å². The number of esters is 2. The molecule has 2 rings (SSSR count). The number of hydrogen-bond donors (Lipinski definition) is 0. The lowest BCUT2D eigenvalue weighted by molar-refractivity contribution is -0.157. The van der Waals surface area contributed by atoms with E-state index in [1.807, 2.05) is 6.92 Å². The van der Waals surface area contributed by atoms with E-state index in [0.29, 0.717) is 6.61 Å². The maximum atomic E-state index is 11.8. The predicted octanol–water partition coefficient (Wildman–Crippen LogP) is 2.06. The Morgan fingerprint density at radius 1 is 1.47 bits per heavy atom. The zero-order chi connectivity index (χ0) is 12.5. The molecule has 96 valence electrons. The van der Waals surface area contributed by atoms with Crippen LogP contribution in [0.15, 0.2) is 0 Å². The summed E-state index contributed by atoms with van der Waals surface area (Å²) in [6.07, 6.45) is 4.28. The van der Waals surface area contributed by atoms with Crippen LogP contribution in [0, 0.1) is 11.8 Å². The molecule has 0 N–H and O–H groups in total. The van der Waals surface area contributed by atoms with Gasteiger partial charge in [0.25, 0.3) is 0 Å². The first-order chi connectivity index (χ1) is 8.07. The highest BCUT2D eigenvalue weighted by Gasteiger charge is 2.54. The average Bonchev–Trinajstić information content (AvgIpc) is 2.52. The van der Waals surface area contributed by atoms with Gasteiger partial charge < -0.3 is 9.47 Å². The van der Waals surface area contributed by atoms with Gasteiger partial charge >= 0.3 is 11.9 Å². The van der Waals surface area contributed by atoms with Gasteiger partial charge in [-0.2, -0.15) is 0 Å². The van der Waals surface area contributed by atoms with Crippen molar-refractivity contribution in [3.8, 4) is 0 Å². The molecule has 1 saturated heterocycles. The summed E-state index contributed by atoms with van der Waals surface area (Å²) in [6.45, 7) is 4.03. The van der Waals surface area contributed by atoms with Crippen molar-refractivity contribution in [1.29, 1.82) is 0 Å². The molecule has 0 aromatic rings. The van der Waals surface area contributed by atoms with Crippen molar-refractivity contribution in [1.82, 2.24) is 0 Å². The van der Waals surface area contributed by atoms with Gasteiger partial charge in [-0.05, 0) is 26.7 Å². The molecule has 0 unspecified atom stereocenters. The molecule has 0 amide bonds. The van der Waals surface area contributed by atoms with Crippen molar-refractivity contribution >= 4 is 11.9 Å². The van der Waals surface area contributed by atoms with Gasteiger partial charge in [0, 0.05) is 5.92 Å². The number of cyclic esters (lactones) is 1. The van der Waals surface area contributed by atoms with E-state index >= 15 is 0 Å². The van der Waals surface area contributed by atoms with Crippen molar-refractivity contribution < 1.29 is 19.1 Å². The summed E-state index contributed by atoms with van der Waals surface area (Å²) < 4.78 is 10.4. The molecular formula is C13H20O4. The molecule has 1 saturated carbocycles. The molecule has 4 nitrogen and oxygen atoms in total. The van der Waals surface area contributed by atoms with E-state index in [2.05, 4.69) is 0 Å². The molecule has 0 radical (unpaired) electrons. The van der Waals surface area contributed by atoms with Crippen LogP contribution >= 0.6 is 0 Å². The van der Waals surface area contributed by atoms with E-state index in [0.717, 1.165) is 25.7 Å². The third kappa shape index (κ3) is 2.31. The third-order valence-corrected chi connectivity index (χ3v) is 3.99. The van der Waals surface area contributed by atoms with Crippen LogP contribution in [0.4, 0.5) is 0 Å². The first kappa shape index (κ1) is 12.4. The quantitative estimate of drug-likeness (QED) is 0.708. The monoisotopic (exact) mass is 240 g/mol. The number of rotatable bonds is 3. The highest BCUT2D eigenvalue weighted by molar-refractivity contribution is 5.78. The maximum Gasteiger partial charge on any atom is 0.309 e. The highest BCUT2D eigenvalue weighted by Crippen LogP contribution is 2.47. The lowest BCUT2D eigenvalue weighted by atomic mass is 9.72. The van der Waals surface area contributed by atoms with Crippen LogP contribution in [0.1, 0.15) is 46.0 Å². The van der Waals surface area contributed by atoms with Crippen LogP contribution in [-0.4, -0.2) is 24.1 Å². The molecule has 0 spiro atoms. The van der Waals surface area contributed by atoms with Crippen molar-refractivity contribution in [3.05, 3.63) is 0 Å². The highest BCUT2D eigenvalue weighted by atomic mass is 16.6. The molecule has 3 atom stereocenters. The number of carbonyl (C=O) groups excluding carboxylic acids is 2. The van der Waals surface area contributed by atoms with Crippen LogP contribution in [0.25, 0.3) is 0 Å². The Labute approximate surface area is 102 Å². The summed E-state index contributed by atoms with van der Waals surface area (Å²) in [5.41, 5.74) is -0.644. The van der Waals surface area contributed by atoms with Gasteiger partial charge in [-0.3, -0.25) is 9.59 Å². The van der Waals surface area contributed by atoms with Crippen LogP contribution in [0.2, 0.25) is 0 Å². The Bertz CT molecular complexity index is 325. The zero-order valence-electron chi connectivity index (χ0n) is 10.5. The third-order valence-electron chi connectivity index (χ3n) is 3.99. The predicted molar refractivity (Wildman–Crippen MR) is 61.2 cm³/mol. The second-order valence-electron chi connectivity index (χ2n) is 5.21. The first-order valence-corrected chi connectivity index (χ1v) is 6.45. The Kier molecular flexibility index (Phi) is 3.40. The zero-order valence-corrected chi connectivity index (χ0v) is 10.5. The summed E-state index contributed by atoms with van der Waals surface area (Å²) in [4.78, 5) is 23.4. The van der Waals surface area contributed by atoms with Crippen molar-refractivity contribution in [2.24, 2.45) is 11.8 Å². The molecule has 2 fully saturated rings. The molecule has 0 aromatic heterocycles. The molecule has 1 heterocycles. The smallest absolute Gasteiger partial charge is 0.309 e. The number of carbonyl (C=O) groups is 2. The lowest BCUT2D eigenvalue weighted by Crippen LogP contribution is -2.37. The average molecular weight is 240 g/mol. The summed E-state index contributed by atoms with van der Waals surface area (Å²) in [5, 5.41) is 0. The van der Waals surface area contributed by atoms with Crippen LogP contribution in [0.5, 0.6) is 0 Å². The van der Waals surface area contributed by atoms with Gasteiger partial charge in [0.05, 0.1) is 18.9 Å². The normalized spacial score (nSPS) is 36.2. The molecule has 2 aliphatic rings. The summed E-state index contributed by atoms with van der Waals surface area (Å²) in [5.74, 6) is -0.202. The Hall–Kier alpha value is -1.06. The van der Waals surface area contributed by atoms with Gasteiger partial charge in [-0.1, -0.05) is 12.8 Å². The summed E-state index contributed by atoms with van der Waals surface area (Å²) in [7, 11) is 0. The second kappa shape index (κ2) is 4.67. The SMILES string of the molecule is CCOC(=O)C[C@]1(C)OC(=O)[C@@H]2CCCC[C@H]21. The van der Waals surface area contributed by atoms with E-state index in [9.17, 15) is 9.59 Å². The van der Waals surface area contributed by atoms with Crippen LogP contribution in [-0.2, 0) is 19.1 Å². The molecule has 0 bridgehead atoms. The minimum atomic E-state index is -0.644. The summed E-state index contributed by atoms with van der Waals surface area (Å²) in [6, 6.07) is 0. The van der Waals surface area contributed by atoms with E-state index in [-0.39, 0.29) is 30.2 Å². The molecule has 1 aliphatic carbocycles. The van der Waals surface area contributed by atoms with Crippen LogP contribution in [0.3, 0.4) is 0 Å². The standard InChI is InChI=1S/C13H20O4/c1-3-16-11(14)8-13(2)10-7-5-4-6-9(10)12(15)17-13/h9-10H,3-8H2,1-2H3/t9-,10-,13+/m1/s1. The number of ether oxygens (including phenoxy) is 2. The van der Waals surface area contributed by atoms with Gasteiger partial charge in [0.15, 0.2) is 0 Å². The van der Waals surface area contributed by atoms with Crippen molar-refractivity contribution in [2.45, 2.75) is 51.6 Å². The van der Waals surface area contributed by atoms with Crippen LogP contribution < -0.4 is 0 Å². The Balaban J connectivity index is 2.08. The van der Waals surface area contributed by atoms with Crippen molar-refractivity contribution in [3.63, 3.8) is 0 Å². The van der Waals surface area contributed by atoms with E-state index < -0.39 is 5.60 Å². The van der Waals surface area contributed by atoms with E-state index in [4.69, 9.17) is 9.47 Å². The summed E-state index contributed by atoms with van der Waals surface area (Å²) >= 11 is 0. The Morgan fingerprint density at radius 2 is 2.18 bits per heavy atom. The van der Waals surface area contributed by atoms with Gasteiger partial charge in [-0.15, -0.1) is 0 Å². The fraction of sp³-hybridized carbons (Fsp3) is 0.846. The fourth-order valence-electron chi connectivity index (χ4n) is 3.19. The lowest BCUT2D eigenvalue weighted by Gasteiger charge is -2.32. The Morgan fingerprint density at radius 3 is 2.88 bits per heavy atom.